The molecule has 0 aliphatic heterocycles. The second-order valence-electron chi connectivity index (χ2n) is 4.83. The van der Waals surface area contributed by atoms with Crippen LogP contribution in [-0.2, 0) is 11.3 Å². The van der Waals surface area contributed by atoms with Crippen molar-refractivity contribution < 1.29 is 14.3 Å². The summed E-state index contributed by atoms with van der Waals surface area (Å²) in [7, 11) is 0. The van der Waals surface area contributed by atoms with Gasteiger partial charge in [-0.25, -0.2) is 0 Å². The number of amides is 1. The highest BCUT2D eigenvalue weighted by Gasteiger charge is 2.23. The molecule has 8 nitrogen and oxygen atoms in total. The molecule has 2 heterocycles. The summed E-state index contributed by atoms with van der Waals surface area (Å²) in [5.74, 6) is 0.540. The number of carbonyl (C=O) groups is 1. The van der Waals surface area contributed by atoms with Gasteiger partial charge in [0, 0.05) is 6.54 Å². The van der Waals surface area contributed by atoms with E-state index in [1.165, 1.54) is 11.1 Å². The maximum atomic E-state index is 11.8. The molecule has 0 saturated carbocycles. The van der Waals surface area contributed by atoms with Crippen molar-refractivity contribution in [1.82, 2.24) is 25.5 Å². The first kappa shape index (κ1) is 15.2. The van der Waals surface area contributed by atoms with Gasteiger partial charge in [-0.3, -0.25) is 4.79 Å². The molecule has 2 aromatic rings. The first-order valence-corrected chi connectivity index (χ1v) is 6.87. The van der Waals surface area contributed by atoms with Crippen LogP contribution in [0.3, 0.4) is 0 Å². The highest BCUT2D eigenvalue weighted by Crippen LogP contribution is 2.13. The lowest BCUT2D eigenvalue weighted by Crippen LogP contribution is -2.43. The summed E-state index contributed by atoms with van der Waals surface area (Å²) in [6, 6.07) is 3.43. The third-order valence-corrected chi connectivity index (χ3v) is 3.41. The lowest BCUT2D eigenvalue weighted by atomic mass is 9.98. The molecule has 0 aliphatic rings. The number of nitrogens with zero attached hydrogens (tertiary/aromatic N) is 4. The Morgan fingerprint density at radius 2 is 2.24 bits per heavy atom. The van der Waals surface area contributed by atoms with Gasteiger partial charge in [0.2, 0.25) is 11.7 Å². The number of aliphatic hydroxyl groups is 1. The second kappa shape index (κ2) is 6.49. The number of nitrogens with one attached hydrogen (secondary N) is 1. The number of furan rings is 1. The molecule has 0 unspecified atom stereocenters. The van der Waals surface area contributed by atoms with E-state index in [1.54, 1.807) is 12.1 Å². The largest absolute Gasteiger partial charge is 0.461 e. The van der Waals surface area contributed by atoms with E-state index in [2.05, 4.69) is 20.7 Å². The van der Waals surface area contributed by atoms with Gasteiger partial charge in [-0.15, -0.1) is 10.2 Å². The number of aromatic nitrogens is 4. The van der Waals surface area contributed by atoms with E-state index in [1.807, 2.05) is 13.8 Å². The minimum absolute atomic E-state index is 0.0583. The monoisotopic (exact) mass is 293 g/mol. The van der Waals surface area contributed by atoms with E-state index in [-0.39, 0.29) is 19.0 Å². The normalized spacial score (nSPS) is 11.6. The van der Waals surface area contributed by atoms with Crippen LogP contribution in [0.15, 0.2) is 22.8 Å². The maximum Gasteiger partial charge on any atom is 0.243 e. The van der Waals surface area contributed by atoms with Crippen LogP contribution in [-0.4, -0.2) is 43.4 Å². The lowest BCUT2D eigenvalue weighted by molar-refractivity contribution is -0.123. The molecule has 0 aliphatic carbocycles. The van der Waals surface area contributed by atoms with E-state index in [4.69, 9.17) is 4.42 Å². The molecule has 2 aromatic heterocycles. The number of hydrogen-bond donors (Lipinski definition) is 2. The van der Waals surface area contributed by atoms with Crippen molar-refractivity contribution in [2.75, 3.05) is 6.54 Å². The highest BCUT2D eigenvalue weighted by atomic mass is 16.3. The highest BCUT2D eigenvalue weighted by molar-refractivity contribution is 5.75. The van der Waals surface area contributed by atoms with Crippen molar-refractivity contribution in [1.29, 1.82) is 0 Å². The number of carbonyl (C=O) groups excluding carboxylic acids is 1. The van der Waals surface area contributed by atoms with Gasteiger partial charge in [0.25, 0.3) is 0 Å². The van der Waals surface area contributed by atoms with E-state index in [9.17, 15) is 9.90 Å². The summed E-state index contributed by atoms with van der Waals surface area (Å²) >= 11 is 0. The van der Waals surface area contributed by atoms with E-state index in [0.29, 0.717) is 24.4 Å². The summed E-state index contributed by atoms with van der Waals surface area (Å²) in [4.78, 5) is 13.0. The predicted molar refractivity (Wildman–Crippen MR) is 74.1 cm³/mol. The topological polar surface area (TPSA) is 106 Å². The van der Waals surface area contributed by atoms with Crippen molar-refractivity contribution in [2.45, 2.75) is 38.8 Å². The first-order valence-electron chi connectivity index (χ1n) is 6.87. The molecule has 2 rings (SSSR count). The van der Waals surface area contributed by atoms with E-state index < -0.39 is 5.60 Å². The first-order chi connectivity index (χ1) is 10.1. The molecule has 8 heteroatoms. The molecule has 2 N–H and O–H groups in total. The van der Waals surface area contributed by atoms with Crippen molar-refractivity contribution in [3.05, 3.63) is 18.4 Å². The van der Waals surface area contributed by atoms with Gasteiger partial charge in [0.15, 0.2) is 5.76 Å². The Bertz CT molecular complexity index is 574. The Morgan fingerprint density at radius 3 is 2.86 bits per heavy atom. The molecule has 1 amide bonds. The molecular weight excluding hydrogens is 274 g/mol. The van der Waals surface area contributed by atoms with Crippen LogP contribution < -0.4 is 5.32 Å². The fourth-order valence-electron chi connectivity index (χ4n) is 1.76. The average molecular weight is 293 g/mol. The smallest absolute Gasteiger partial charge is 0.243 e. The zero-order valence-electron chi connectivity index (χ0n) is 12.1. The molecule has 114 valence electrons. The standard InChI is InChI=1S/C13H19N5O3/c1-3-13(20,4-2)9-14-11(19)8-18-16-12(15-17-18)10-6-5-7-21-10/h5-7,20H,3-4,8-9H2,1-2H3,(H,14,19). The number of rotatable bonds is 7. The van der Waals surface area contributed by atoms with Crippen LogP contribution in [0.25, 0.3) is 11.6 Å². The summed E-state index contributed by atoms with van der Waals surface area (Å²) in [6.45, 7) is 3.91. The Morgan fingerprint density at radius 1 is 1.48 bits per heavy atom. The molecule has 0 fully saturated rings. The van der Waals surface area contributed by atoms with Crippen LogP contribution >= 0.6 is 0 Å². The number of hydrogen-bond acceptors (Lipinski definition) is 6. The van der Waals surface area contributed by atoms with E-state index >= 15 is 0 Å². The molecule has 0 bridgehead atoms. The van der Waals surface area contributed by atoms with Crippen molar-refractivity contribution in [3.63, 3.8) is 0 Å². The van der Waals surface area contributed by atoms with Crippen LogP contribution in [0.1, 0.15) is 26.7 Å². The van der Waals surface area contributed by atoms with Gasteiger partial charge in [0.05, 0.1) is 11.9 Å². The zero-order valence-corrected chi connectivity index (χ0v) is 12.1. The Kier molecular flexibility index (Phi) is 4.69. The van der Waals surface area contributed by atoms with Gasteiger partial charge in [-0.2, -0.15) is 4.80 Å². The Labute approximate surface area is 122 Å². The van der Waals surface area contributed by atoms with Crippen molar-refractivity contribution in [2.24, 2.45) is 0 Å². The molecule has 21 heavy (non-hydrogen) atoms. The fraction of sp³-hybridized carbons (Fsp3) is 0.538. The summed E-state index contributed by atoms with van der Waals surface area (Å²) in [5, 5.41) is 24.4. The lowest BCUT2D eigenvalue weighted by Gasteiger charge is -2.25. The third kappa shape index (κ3) is 3.88. The number of tetrazole rings is 1. The summed E-state index contributed by atoms with van der Waals surface area (Å²) in [6.07, 6.45) is 2.67. The van der Waals surface area contributed by atoms with E-state index in [0.717, 1.165) is 0 Å². The van der Waals surface area contributed by atoms with Crippen LogP contribution in [0.2, 0.25) is 0 Å². The van der Waals surface area contributed by atoms with Crippen LogP contribution in [0.4, 0.5) is 0 Å². The molecular formula is C13H19N5O3. The predicted octanol–water partition coefficient (Wildman–Crippen LogP) is 0.600. The Balaban J connectivity index is 1.89. The average Bonchev–Trinajstić information content (AvgIpc) is 3.15. The minimum Gasteiger partial charge on any atom is -0.461 e. The molecule has 0 saturated heterocycles. The molecule has 0 spiro atoms. The molecule has 0 radical (unpaired) electrons. The maximum absolute atomic E-state index is 11.8. The Hall–Kier alpha value is -2.22. The van der Waals surface area contributed by atoms with Crippen molar-refractivity contribution >= 4 is 5.91 Å². The van der Waals surface area contributed by atoms with Gasteiger partial charge >= 0.3 is 0 Å². The summed E-state index contributed by atoms with van der Waals surface area (Å²) < 4.78 is 5.15. The van der Waals surface area contributed by atoms with Crippen LogP contribution in [0, 0.1) is 0 Å². The SMILES string of the molecule is CCC(O)(CC)CNC(=O)Cn1nnc(-c2ccco2)n1. The molecule has 0 atom stereocenters. The van der Waals surface area contributed by atoms with Crippen LogP contribution in [0.5, 0.6) is 0 Å². The van der Waals surface area contributed by atoms with Gasteiger partial charge < -0.3 is 14.8 Å². The molecule has 0 aromatic carbocycles. The summed E-state index contributed by atoms with van der Waals surface area (Å²) in [5.41, 5.74) is -0.870. The van der Waals surface area contributed by atoms with Gasteiger partial charge in [-0.05, 0) is 30.2 Å². The zero-order chi connectivity index (χ0) is 15.3. The third-order valence-electron chi connectivity index (χ3n) is 3.41. The van der Waals surface area contributed by atoms with Gasteiger partial charge in [0.1, 0.15) is 6.54 Å². The van der Waals surface area contributed by atoms with Crippen molar-refractivity contribution in [3.8, 4) is 11.6 Å². The second-order valence-corrected chi connectivity index (χ2v) is 4.83. The quantitative estimate of drug-likeness (QED) is 0.774. The fourth-order valence-corrected chi connectivity index (χ4v) is 1.76. The minimum atomic E-state index is -0.870. The van der Waals surface area contributed by atoms with Gasteiger partial charge in [-0.1, -0.05) is 13.8 Å².